The fraction of sp³-hybridized carbons (Fsp3) is 0.267. The highest BCUT2D eigenvalue weighted by Gasteiger charge is 2.09. The molecule has 0 spiro atoms. The van der Waals surface area contributed by atoms with Crippen LogP contribution in [0.15, 0.2) is 33.2 Å². The smallest absolute Gasteiger partial charge is 0.138 e. The van der Waals surface area contributed by atoms with Gasteiger partial charge in [0.2, 0.25) is 0 Å². The molecule has 0 bridgehead atoms. The first kappa shape index (κ1) is 15.3. The van der Waals surface area contributed by atoms with E-state index < -0.39 is 0 Å². The van der Waals surface area contributed by atoms with E-state index in [1.165, 1.54) is 0 Å². The molecule has 0 unspecified atom stereocenters. The molecule has 0 amide bonds. The molecule has 2 rings (SSSR count). The highest BCUT2D eigenvalue weighted by atomic mass is 79.9. The van der Waals surface area contributed by atoms with Gasteiger partial charge in [-0.25, -0.2) is 0 Å². The summed E-state index contributed by atoms with van der Waals surface area (Å²) in [6.07, 6.45) is 0. The zero-order valence-corrected chi connectivity index (χ0v) is 14.8. The Labute approximate surface area is 136 Å². The van der Waals surface area contributed by atoms with Crippen LogP contribution in [0.25, 0.3) is 0 Å². The van der Waals surface area contributed by atoms with Crippen molar-refractivity contribution in [1.29, 1.82) is 0 Å². The molecular formula is C15H16Br2N2O. The maximum atomic E-state index is 5.45. The highest BCUT2D eigenvalue weighted by molar-refractivity contribution is 9.11. The predicted octanol–water partition coefficient (Wildman–Crippen LogP) is 4.84. The number of methoxy groups -OCH3 is 1. The summed E-state index contributed by atoms with van der Waals surface area (Å²) >= 11 is 7.01. The van der Waals surface area contributed by atoms with Gasteiger partial charge in [0.25, 0.3) is 0 Å². The lowest BCUT2D eigenvalue weighted by Crippen LogP contribution is -2.04. The van der Waals surface area contributed by atoms with Crippen LogP contribution in [0.3, 0.4) is 0 Å². The summed E-state index contributed by atoms with van der Waals surface area (Å²) in [5, 5.41) is 3.40. The molecule has 2 aromatic rings. The summed E-state index contributed by atoms with van der Waals surface area (Å²) < 4.78 is 7.40. The molecule has 0 aliphatic carbocycles. The molecule has 0 radical (unpaired) electrons. The van der Waals surface area contributed by atoms with E-state index in [1.54, 1.807) is 7.11 Å². The zero-order chi connectivity index (χ0) is 14.7. The number of benzene rings is 1. The third-order valence-corrected chi connectivity index (χ3v) is 4.03. The van der Waals surface area contributed by atoms with Gasteiger partial charge in [0.05, 0.1) is 23.0 Å². The first-order chi connectivity index (χ1) is 9.51. The second-order valence-electron chi connectivity index (χ2n) is 4.52. The summed E-state index contributed by atoms with van der Waals surface area (Å²) in [4.78, 5) is 4.45. The van der Waals surface area contributed by atoms with E-state index in [1.807, 2.05) is 32.0 Å². The van der Waals surface area contributed by atoms with Crippen molar-refractivity contribution in [2.24, 2.45) is 0 Å². The number of ether oxygens (including phenoxy) is 1. The molecule has 1 N–H and O–H groups in total. The average molecular weight is 400 g/mol. The Morgan fingerprint density at radius 1 is 1.20 bits per heavy atom. The first-order valence-electron chi connectivity index (χ1n) is 6.21. The molecule has 0 saturated heterocycles. The first-order valence-corrected chi connectivity index (χ1v) is 7.80. The van der Waals surface area contributed by atoms with Gasteiger partial charge in [-0.05, 0) is 54.0 Å². The van der Waals surface area contributed by atoms with E-state index in [0.29, 0.717) is 6.54 Å². The summed E-state index contributed by atoms with van der Waals surface area (Å²) in [5.41, 5.74) is 4.14. The van der Waals surface area contributed by atoms with Crippen LogP contribution in [0.4, 0.5) is 5.69 Å². The van der Waals surface area contributed by atoms with Crippen LogP contribution in [0.1, 0.15) is 17.0 Å². The molecular weight excluding hydrogens is 384 g/mol. The minimum Gasteiger partial charge on any atom is -0.495 e. The van der Waals surface area contributed by atoms with Gasteiger partial charge in [-0.2, -0.15) is 0 Å². The van der Waals surface area contributed by atoms with Crippen LogP contribution >= 0.6 is 31.9 Å². The number of nitrogens with zero attached hydrogens (tertiary/aromatic N) is 1. The summed E-state index contributed by atoms with van der Waals surface area (Å²) in [5.74, 6) is 0.846. The SMILES string of the molecule is COc1c(Br)cc(Br)cc1CNc1ccc(C)nc1C. The number of halogens is 2. The van der Waals surface area contributed by atoms with Gasteiger partial charge in [-0.1, -0.05) is 15.9 Å². The van der Waals surface area contributed by atoms with Crippen molar-refractivity contribution in [2.75, 3.05) is 12.4 Å². The third kappa shape index (κ3) is 3.52. The molecule has 3 nitrogen and oxygen atoms in total. The van der Waals surface area contributed by atoms with Crippen LogP contribution in [0.2, 0.25) is 0 Å². The number of nitrogens with one attached hydrogen (secondary N) is 1. The largest absolute Gasteiger partial charge is 0.495 e. The second kappa shape index (κ2) is 6.59. The predicted molar refractivity (Wildman–Crippen MR) is 89.4 cm³/mol. The van der Waals surface area contributed by atoms with Crippen molar-refractivity contribution in [3.8, 4) is 5.75 Å². The topological polar surface area (TPSA) is 34.1 Å². The maximum absolute atomic E-state index is 5.45. The van der Waals surface area contributed by atoms with Crippen molar-refractivity contribution in [3.05, 3.63) is 50.2 Å². The van der Waals surface area contributed by atoms with Crippen molar-refractivity contribution in [1.82, 2.24) is 4.98 Å². The Morgan fingerprint density at radius 2 is 1.95 bits per heavy atom. The van der Waals surface area contributed by atoms with Gasteiger partial charge in [0.15, 0.2) is 0 Å². The number of aromatic nitrogens is 1. The van der Waals surface area contributed by atoms with E-state index in [0.717, 1.165) is 37.3 Å². The molecule has 0 aliphatic rings. The molecule has 1 aromatic heterocycles. The van der Waals surface area contributed by atoms with E-state index in [4.69, 9.17) is 4.74 Å². The number of rotatable bonds is 4. The molecule has 0 aliphatic heterocycles. The fourth-order valence-corrected chi connectivity index (χ4v) is 3.51. The lowest BCUT2D eigenvalue weighted by molar-refractivity contribution is 0.407. The van der Waals surface area contributed by atoms with Gasteiger partial charge >= 0.3 is 0 Å². The number of anilines is 1. The Hall–Kier alpha value is -1.07. The molecule has 1 heterocycles. The Kier molecular flexibility index (Phi) is 5.05. The minimum atomic E-state index is 0.673. The van der Waals surface area contributed by atoms with Gasteiger partial charge in [-0.15, -0.1) is 0 Å². The van der Waals surface area contributed by atoms with E-state index in [9.17, 15) is 0 Å². The monoisotopic (exact) mass is 398 g/mol. The van der Waals surface area contributed by atoms with E-state index in [2.05, 4.69) is 48.2 Å². The van der Waals surface area contributed by atoms with Gasteiger partial charge in [0, 0.05) is 22.3 Å². The normalized spacial score (nSPS) is 10.4. The summed E-state index contributed by atoms with van der Waals surface area (Å²) in [6.45, 7) is 4.67. The number of hydrogen-bond donors (Lipinski definition) is 1. The zero-order valence-electron chi connectivity index (χ0n) is 11.6. The quantitative estimate of drug-likeness (QED) is 0.798. The Morgan fingerprint density at radius 3 is 2.60 bits per heavy atom. The minimum absolute atomic E-state index is 0.673. The van der Waals surface area contributed by atoms with Gasteiger partial charge in [0.1, 0.15) is 5.75 Å². The number of pyridine rings is 1. The third-order valence-electron chi connectivity index (χ3n) is 2.98. The average Bonchev–Trinajstić information content (AvgIpc) is 2.37. The molecule has 1 aromatic carbocycles. The van der Waals surface area contributed by atoms with Gasteiger partial charge < -0.3 is 10.1 Å². The van der Waals surface area contributed by atoms with Gasteiger partial charge in [-0.3, -0.25) is 4.98 Å². The van der Waals surface area contributed by atoms with Crippen molar-refractivity contribution in [3.63, 3.8) is 0 Å². The van der Waals surface area contributed by atoms with Crippen molar-refractivity contribution in [2.45, 2.75) is 20.4 Å². The van der Waals surface area contributed by atoms with E-state index >= 15 is 0 Å². The lowest BCUT2D eigenvalue weighted by Gasteiger charge is -2.14. The van der Waals surface area contributed by atoms with Crippen LogP contribution < -0.4 is 10.1 Å². The van der Waals surface area contributed by atoms with Crippen LogP contribution in [-0.2, 0) is 6.54 Å². The second-order valence-corrected chi connectivity index (χ2v) is 6.29. The molecule has 5 heteroatoms. The van der Waals surface area contributed by atoms with Crippen molar-refractivity contribution >= 4 is 37.5 Å². The maximum Gasteiger partial charge on any atom is 0.138 e. The lowest BCUT2D eigenvalue weighted by atomic mass is 10.2. The van der Waals surface area contributed by atoms with Crippen LogP contribution in [0, 0.1) is 13.8 Å². The number of hydrogen-bond acceptors (Lipinski definition) is 3. The molecule has 106 valence electrons. The van der Waals surface area contributed by atoms with Crippen LogP contribution in [-0.4, -0.2) is 12.1 Å². The molecule has 0 fully saturated rings. The summed E-state index contributed by atoms with van der Waals surface area (Å²) in [6, 6.07) is 8.08. The standard InChI is InChI=1S/C15H16Br2N2O/c1-9-4-5-14(10(2)19-9)18-8-11-6-12(16)7-13(17)15(11)20-3/h4-7,18H,8H2,1-3H3. The van der Waals surface area contributed by atoms with E-state index in [-0.39, 0.29) is 0 Å². The molecule has 0 saturated carbocycles. The summed E-state index contributed by atoms with van der Waals surface area (Å²) in [7, 11) is 1.68. The molecule has 20 heavy (non-hydrogen) atoms. The highest BCUT2D eigenvalue weighted by Crippen LogP contribution is 2.33. The number of aryl methyl sites for hydroxylation is 2. The van der Waals surface area contributed by atoms with Crippen LogP contribution in [0.5, 0.6) is 5.75 Å². The Bertz CT molecular complexity index is 630. The Balaban J connectivity index is 2.22. The fourth-order valence-electron chi connectivity index (χ4n) is 2.04. The van der Waals surface area contributed by atoms with Crippen molar-refractivity contribution < 1.29 is 4.74 Å². The molecule has 0 atom stereocenters.